The van der Waals surface area contributed by atoms with E-state index in [1.807, 2.05) is 6.92 Å². The summed E-state index contributed by atoms with van der Waals surface area (Å²) in [6.07, 6.45) is 0.906. The molecule has 90 valence electrons. The molecule has 0 saturated heterocycles. The van der Waals surface area contributed by atoms with Gasteiger partial charge in [0.15, 0.2) is 0 Å². The summed E-state index contributed by atoms with van der Waals surface area (Å²) in [7, 11) is 1.66. The lowest BCUT2D eigenvalue weighted by Gasteiger charge is -2.15. The topological polar surface area (TPSA) is 41.5 Å². The second-order valence-corrected chi connectivity index (χ2v) is 3.73. The van der Waals surface area contributed by atoms with Crippen LogP contribution in [0.15, 0.2) is 18.2 Å². The van der Waals surface area contributed by atoms with Crippen LogP contribution in [0.4, 0.5) is 4.39 Å². The lowest BCUT2D eigenvalue weighted by atomic mass is 10.1. The molecule has 1 aromatic carbocycles. The maximum absolute atomic E-state index is 12.8. The highest BCUT2D eigenvalue weighted by Gasteiger charge is 2.09. The highest BCUT2D eigenvalue weighted by Crippen LogP contribution is 2.24. The fraction of sp³-hybridized carbons (Fsp3) is 0.500. The average Bonchev–Trinajstić information content (AvgIpc) is 2.24. The van der Waals surface area contributed by atoms with Crippen molar-refractivity contribution in [3.05, 3.63) is 29.6 Å². The largest absolute Gasteiger partial charge is 0.508 e. The van der Waals surface area contributed by atoms with Crippen LogP contribution < -0.4 is 5.32 Å². The van der Waals surface area contributed by atoms with E-state index < -0.39 is 5.82 Å². The summed E-state index contributed by atoms with van der Waals surface area (Å²) in [6, 6.07) is 4.07. The number of rotatable bonds is 6. The molecule has 16 heavy (non-hydrogen) atoms. The number of hydrogen-bond acceptors (Lipinski definition) is 3. The summed E-state index contributed by atoms with van der Waals surface area (Å²) in [5.41, 5.74) is 0.707. The van der Waals surface area contributed by atoms with E-state index >= 15 is 0 Å². The number of methoxy groups -OCH3 is 1. The number of halogens is 1. The molecule has 0 fully saturated rings. The molecule has 0 aliphatic heterocycles. The van der Waals surface area contributed by atoms with Crippen molar-refractivity contribution in [2.24, 2.45) is 0 Å². The van der Waals surface area contributed by atoms with Crippen LogP contribution in [-0.4, -0.2) is 25.4 Å². The molecule has 0 bridgehead atoms. The van der Waals surface area contributed by atoms with E-state index in [1.54, 1.807) is 13.2 Å². The zero-order chi connectivity index (χ0) is 12.0. The summed E-state index contributed by atoms with van der Waals surface area (Å²) in [5.74, 6) is -0.431. The van der Waals surface area contributed by atoms with Gasteiger partial charge >= 0.3 is 0 Å². The average molecular weight is 227 g/mol. The first kappa shape index (κ1) is 12.9. The van der Waals surface area contributed by atoms with Crippen molar-refractivity contribution >= 4 is 0 Å². The highest BCUT2D eigenvalue weighted by atomic mass is 19.1. The Hall–Kier alpha value is -1.13. The molecule has 1 unspecified atom stereocenters. The first-order valence-corrected chi connectivity index (χ1v) is 5.36. The molecule has 2 N–H and O–H groups in total. The van der Waals surface area contributed by atoms with Crippen LogP contribution in [-0.2, 0) is 4.74 Å². The molecule has 1 atom stereocenters. The number of benzene rings is 1. The van der Waals surface area contributed by atoms with Gasteiger partial charge in [-0.1, -0.05) is 6.07 Å². The van der Waals surface area contributed by atoms with Crippen LogP contribution in [0.2, 0.25) is 0 Å². The smallest absolute Gasteiger partial charge is 0.126 e. The van der Waals surface area contributed by atoms with Crippen molar-refractivity contribution in [3.8, 4) is 5.75 Å². The Balaban J connectivity index is 2.49. The van der Waals surface area contributed by atoms with Crippen LogP contribution in [0.1, 0.15) is 24.9 Å². The van der Waals surface area contributed by atoms with E-state index in [-0.39, 0.29) is 11.8 Å². The van der Waals surface area contributed by atoms with Gasteiger partial charge in [0.2, 0.25) is 0 Å². The number of hydrogen-bond donors (Lipinski definition) is 2. The molecule has 1 rings (SSSR count). The van der Waals surface area contributed by atoms with Gasteiger partial charge in [0.1, 0.15) is 11.6 Å². The standard InChI is InChI=1S/C12H18FNO2/c1-9(14-6-3-7-16-2)11-5-4-10(13)8-12(11)15/h4-5,8-9,14-15H,3,6-7H2,1-2H3. The van der Waals surface area contributed by atoms with Gasteiger partial charge in [0.25, 0.3) is 0 Å². The van der Waals surface area contributed by atoms with Crippen LogP contribution in [0.5, 0.6) is 5.75 Å². The lowest BCUT2D eigenvalue weighted by Crippen LogP contribution is -2.20. The van der Waals surface area contributed by atoms with Gasteiger partial charge < -0.3 is 15.2 Å². The molecule has 3 nitrogen and oxygen atoms in total. The van der Waals surface area contributed by atoms with Crippen LogP contribution >= 0.6 is 0 Å². The molecule has 1 aromatic rings. The number of phenols is 1. The van der Waals surface area contributed by atoms with Gasteiger partial charge in [-0.05, 0) is 26.0 Å². The molecular formula is C12H18FNO2. The van der Waals surface area contributed by atoms with E-state index in [1.165, 1.54) is 6.07 Å². The fourth-order valence-corrected chi connectivity index (χ4v) is 1.53. The number of ether oxygens (including phenoxy) is 1. The Kier molecular flexibility index (Phi) is 5.22. The van der Waals surface area contributed by atoms with E-state index in [0.717, 1.165) is 19.0 Å². The predicted octanol–water partition coefficient (Wildman–Crippen LogP) is 2.22. The summed E-state index contributed by atoms with van der Waals surface area (Å²) in [5, 5.41) is 12.8. The Labute approximate surface area is 95.2 Å². The molecule has 0 radical (unpaired) electrons. The maximum atomic E-state index is 12.8. The third kappa shape index (κ3) is 3.79. The zero-order valence-electron chi connectivity index (χ0n) is 9.66. The zero-order valence-corrected chi connectivity index (χ0v) is 9.66. The molecule has 0 heterocycles. The fourth-order valence-electron chi connectivity index (χ4n) is 1.53. The van der Waals surface area contributed by atoms with E-state index in [4.69, 9.17) is 4.74 Å². The first-order valence-electron chi connectivity index (χ1n) is 5.36. The molecule has 0 spiro atoms. The minimum Gasteiger partial charge on any atom is -0.508 e. The Bertz CT molecular complexity index is 331. The Morgan fingerprint density at radius 1 is 1.50 bits per heavy atom. The monoisotopic (exact) mass is 227 g/mol. The van der Waals surface area contributed by atoms with Gasteiger partial charge in [-0.3, -0.25) is 0 Å². The molecule has 0 saturated carbocycles. The normalized spacial score (nSPS) is 12.7. The van der Waals surface area contributed by atoms with E-state index in [2.05, 4.69) is 5.32 Å². The summed E-state index contributed by atoms with van der Waals surface area (Å²) in [6.45, 7) is 3.43. The van der Waals surface area contributed by atoms with Gasteiger partial charge in [-0.2, -0.15) is 0 Å². The van der Waals surface area contributed by atoms with Gasteiger partial charge in [0, 0.05) is 31.4 Å². The Morgan fingerprint density at radius 2 is 2.25 bits per heavy atom. The van der Waals surface area contributed by atoms with Crippen LogP contribution in [0.3, 0.4) is 0 Å². The summed E-state index contributed by atoms with van der Waals surface area (Å²) >= 11 is 0. The van der Waals surface area contributed by atoms with Crippen molar-refractivity contribution in [2.45, 2.75) is 19.4 Å². The third-order valence-electron chi connectivity index (χ3n) is 2.43. The second kappa shape index (κ2) is 6.45. The van der Waals surface area contributed by atoms with Crippen molar-refractivity contribution in [1.29, 1.82) is 0 Å². The molecular weight excluding hydrogens is 209 g/mol. The Morgan fingerprint density at radius 3 is 2.88 bits per heavy atom. The van der Waals surface area contributed by atoms with Crippen LogP contribution in [0, 0.1) is 5.82 Å². The maximum Gasteiger partial charge on any atom is 0.126 e. The number of phenolic OH excluding ortho intramolecular Hbond substituents is 1. The van der Waals surface area contributed by atoms with Gasteiger partial charge in [-0.25, -0.2) is 4.39 Å². The first-order chi connectivity index (χ1) is 7.65. The predicted molar refractivity (Wildman–Crippen MR) is 61.0 cm³/mol. The lowest BCUT2D eigenvalue weighted by molar-refractivity contribution is 0.193. The minimum absolute atomic E-state index is 0.00236. The van der Waals surface area contributed by atoms with E-state index in [9.17, 15) is 9.50 Å². The van der Waals surface area contributed by atoms with Gasteiger partial charge in [-0.15, -0.1) is 0 Å². The molecule has 0 amide bonds. The summed E-state index contributed by atoms with van der Waals surface area (Å²) < 4.78 is 17.7. The second-order valence-electron chi connectivity index (χ2n) is 3.73. The third-order valence-corrected chi connectivity index (χ3v) is 2.43. The van der Waals surface area contributed by atoms with Crippen molar-refractivity contribution < 1.29 is 14.2 Å². The van der Waals surface area contributed by atoms with Crippen molar-refractivity contribution in [3.63, 3.8) is 0 Å². The molecule has 0 aromatic heterocycles. The molecule has 0 aliphatic carbocycles. The summed E-state index contributed by atoms with van der Waals surface area (Å²) in [4.78, 5) is 0. The van der Waals surface area contributed by atoms with Crippen LogP contribution in [0.25, 0.3) is 0 Å². The van der Waals surface area contributed by atoms with Crippen molar-refractivity contribution in [1.82, 2.24) is 5.32 Å². The quantitative estimate of drug-likeness (QED) is 0.732. The SMILES string of the molecule is COCCCNC(C)c1ccc(F)cc1O. The van der Waals surface area contributed by atoms with Crippen molar-refractivity contribution in [2.75, 3.05) is 20.3 Å². The highest BCUT2D eigenvalue weighted by molar-refractivity contribution is 5.34. The molecule has 0 aliphatic rings. The molecule has 4 heteroatoms. The van der Waals surface area contributed by atoms with Gasteiger partial charge in [0.05, 0.1) is 0 Å². The minimum atomic E-state index is -0.423. The number of aromatic hydroxyl groups is 1. The number of nitrogens with one attached hydrogen (secondary N) is 1. The van der Waals surface area contributed by atoms with E-state index in [0.29, 0.717) is 12.2 Å².